The van der Waals surface area contributed by atoms with Crippen molar-refractivity contribution in [2.75, 3.05) is 13.1 Å². The number of amides is 3. The highest BCUT2D eigenvalue weighted by Gasteiger charge is 2.36. The number of nitriles is 1. The number of likely N-dealkylation sites (tertiary alicyclic amines) is 1. The maximum atomic E-state index is 12.1. The molecular formula is C16H19ClN4O2. The zero-order valence-electron chi connectivity index (χ0n) is 12.7. The molecule has 3 N–H and O–H groups in total. The average Bonchev–Trinajstić information content (AvgIpc) is 2.53. The van der Waals surface area contributed by atoms with Crippen molar-refractivity contribution < 1.29 is 9.59 Å². The van der Waals surface area contributed by atoms with Crippen LogP contribution in [0, 0.1) is 11.3 Å². The second-order valence-corrected chi connectivity index (χ2v) is 6.13. The predicted octanol–water partition coefficient (Wildman–Crippen LogP) is 1.83. The summed E-state index contributed by atoms with van der Waals surface area (Å²) in [5.41, 5.74) is 5.28. The van der Waals surface area contributed by atoms with E-state index in [1.807, 2.05) is 18.2 Å². The summed E-state index contributed by atoms with van der Waals surface area (Å²) < 4.78 is 0. The third-order valence-electron chi connectivity index (χ3n) is 4.05. The van der Waals surface area contributed by atoms with Crippen LogP contribution in [0.3, 0.4) is 0 Å². The van der Waals surface area contributed by atoms with E-state index < -0.39 is 11.6 Å². The zero-order valence-corrected chi connectivity index (χ0v) is 13.5. The molecule has 1 aliphatic heterocycles. The number of carbonyl (C=O) groups is 2. The molecule has 1 fully saturated rings. The number of aryl methyl sites for hydroxylation is 1. The van der Waals surface area contributed by atoms with Crippen LogP contribution in [0.2, 0.25) is 5.02 Å². The van der Waals surface area contributed by atoms with Gasteiger partial charge in [0.25, 0.3) is 0 Å². The number of urea groups is 1. The molecule has 0 aromatic heterocycles. The van der Waals surface area contributed by atoms with E-state index in [9.17, 15) is 14.9 Å². The van der Waals surface area contributed by atoms with Crippen LogP contribution in [0.4, 0.5) is 4.79 Å². The van der Waals surface area contributed by atoms with Gasteiger partial charge in [-0.25, -0.2) is 4.79 Å². The second-order valence-electron chi connectivity index (χ2n) is 5.70. The molecule has 6 nitrogen and oxygen atoms in total. The van der Waals surface area contributed by atoms with Crippen LogP contribution in [0.5, 0.6) is 0 Å². The first-order chi connectivity index (χ1) is 10.9. The Hall–Kier alpha value is -2.26. The summed E-state index contributed by atoms with van der Waals surface area (Å²) >= 11 is 5.91. The Labute approximate surface area is 140 Å². The zero-order chi connectivity index (χ0) is 16.9. The maximum absolute atomic E-state index is 12.1. The van der Waals surface area contributed by atoms with Crippen LogP contribution in [0.25, 0.3) is 0 Å². The summed E-state index contributed by atoms with van der Waals surface area (Å²) in [7, 11) is 0. The number of nitrogens with zero attached hydrogens (tertiary/aromatic N) is 2. The van der Waals surface area contributed by atoms with Crippen molar-refractivity contribution in [3.63, 3.8) is 0 Å². The highest BCUT2D eigenvalue weighted by Crippen LogP contribution is 2.22. The molecule has 0 atom stereocenters. The smallest absolute Gasteiger partial charge is 0.314 e. The molecule has 1 heterocycles. The van der Waals surface area contributed by atoms with Crippen LogP contribution in [-0.2, 0) is 11.2 Å². The molecule has 2 rings (SSSR count). The van der Waals surface area contributed by atoms with Gasteiger partial charge in [-0.2, -0.15) is 5.26 Å². The van der Waals surface area contributed by atoms with Gasteiger partial charge in [0.15, 0.2) is 0 Å². The van der Waals surface area contributed by atoms with Crippen LogP contribution in [-0.4, -0.2) is 35.5 Å². The van der Waals surface area contributed by atoms with E-state index in [-0.39, 0.29) is 12.3 Å². The normalized spacial score (nSPS) is 16.4. The fraction of sp³-hybridized carbons (Fsp3) is 0.438. The lowest BCUT2D eigenvalue weighted by Crippen LogP contribution is -2.56. The average molecular weight is 335 g/mol. The highest BCUT2D eigenvalue weighted by atomic mass is 35.5. The number of nitrogens with two attached hydrogens (primary N) is 1. The molecule has 1 aromatic carbocycles. The Bertz CT molecular complexity index is 633. The SMILES string of the molecule is N#CC1(NC(=O)CCc2cccc(Cl)c2)CCN(C(N)=O)CC1. The summed E-state index contributed by atoms with van der Waals surface area (Å²) in [6, 6.07) is 9.03. The number of carbonyl (C=O) groups excluding carboxylic acids is 2. The van der Waals surface area contributed by atoms with E-state index in [4.69, 9.17) is 17.3 Å². The van der Waals surface area contributed by atoms with E-state index >= 15 is 0 Å². The van der Waals surface area contributed by atoms with Gasteiger partial charge in [0.2, 0.25) is 5.91 Å². The fourth-order valence-corrected chi connectivity index (χ4v) is 2.87. The van der Waals surface area contributed by atoms with E-state index in [2.05, 4.69) is 11.4 Å². The monoisotopic (exact) mass is 334 g/mol. The lowest BCUT2D eigenvalue weighted by molar-refractivity contribution is -0.122. The predicted molar refractivity (Wildman–Crippen MR) is 86.7 cm³/mol. The molecule has 0 spiro atoms. The summed E-state index contributed by atoms with van der Waals surface area (Å²) in [5, 5.41) is 12.9. The number of nitrogens with one attached hydrogen (secondary N) is 1. The Kier molecular flexibility index (Phi) is 5.45. The van der Waals surface area contributed by atoms with Crippen LogP contribution < -0.4 is 11.1 Å². The number of halogens is 1. The lowest BCUT2D eigenvalue weighted by atomic mass is 9.88. The van der Waals surface area contributed by atoms with Gasteiger partial charge in [-0.15, -0.1) is 0 Å². The molecule has 122 valence electrons. The molecular weight excluding hydrogens is 316 g/mol. The first kappa shape index (κ1) is 17.1. The van der Waals surface area contributed by atoms with Crippen LogP contribution in [0.1, 0.15) is 24.8 Å². The quantitative estimate of drug-likeness (QED) is 0.878. The van der Waals surface area contributed by atoms with E-state index in [0.717, 1.165) is 5.56 Å². The van der Waals surface area contributed by atoms with Crippen molar-refractivity contribution in [1.29, 1.82) is 5.26 Å². The molecule has 0 radical (unpaired) electrons. The third-order valence-corrected chi connectivity index (χ3v) is 4.29. The van der Waals surface area contributed by atoms with Crippen LogP contribution >= 0.6 is 11.6 Å². The van der Waals surface area contributed by atoms with Crippen molar-refractivity contribution in [3.05, 3.63) is 34.9 Å². The third kappa shape index (κ3) is 4.60. The molecule has 1 saturated heterocycles. The van der Waals surface area contributed by atoms with Gasteiger partial charge < -0.3 is 16.0 Å². The van der Waals surface area contributed by atoms with E-state index in [1.165, 1.54) is 4.90 Å². The molecule has 3 amide bonds. The topological polar surface area (TPSA) is 99.2 Å². The molecule has 0 bridgehead atoms. The van der Waals surface area contributed by atoms with Gasteiger partial charge in [0.1, 0.15) is 5.54 Å². The van der Waals surface area contributed by atoms with Gasteiger partial charge in [-0.3, -0.25) is 4.79 Å². The van der Waals surface area contributed by atoms with E-state index in [1.54, 1.807) is 6.07 Å². The Morgan fingerprint density at radius 2 is 2.09 bits per heavy atom. The molecule has 1 aromatic rings. The molecule has 1 aliphatic rings. The number of hydrogen-bond acceptors (Lipinski definition) is 3. The standard InChI is InChI=1S/C16H19ClN4O2/c17-13-3-1-2-12(10-13)4-5-14(22)20-16(11-18)6-8-21(9-7-16)15(19)23/h1-3,10H,4-9H2,(H2,19,23)(H,20,22). The van der Waals surface area contributed by atoms with Gasteiger partial charge in [-0.05, 0) is 24.1 Å². The number of rotatable bonds is 4. The summed E-state index contributed by atoms with van der Waals surface area (Å²) in [5.74, 6) is -0.181. The molecule has 0 aliphatic carbocycles. The van der Waals surface area contributed by atoms with Gasteiger partial charge >= 0.3 is 6.03 Å². The Morgan fingerprint density at radius 1 is 1.39 bits per heavy atom. The summed E-state index contributed by atoms with van der Waals surface area (Å²) in [6.45, 7) is 0.745. The van der Waals surface area contributed by atoms with Crippen LogP contribution in [0.15, 0.2) is 24.3 Å². The molecule has 23 heavy (non-hydrogen) atoms. The minimum absolute atomic E-state index is 0.181. The Morgan fingerprint density at radius 3 is 2.65 bits per heavy atom. The fourth-order valence-electron chi connectivity index (χ4n) is 2.65. The van der Waals surface area contributed by atoms with Crippen molar-refractivity contribution in [2.45, 2.75) is 31.2 Å². The first-order valence-corrected chi connectivity index (χ1v) is 7.83. The number of primary amides is 1. The largest absolute Gasteiger partial charge is 0.351 e. The highest BCUT2D eigenvalue weighted by molar-refractivity contribution is 6.30. The van der Waals surface area contributed by atoms with Crippen molar-refractivity contribution in [2.24, 2.45) is 5.73 Å². The molecule has 0 unspecified atom stereocenters. The maximum Gasteiger partial charge on any atom is 0.314 e. The lowest BCUT2D eigenvalue weighted by Gasteiger charge is -2.37. The van der Waals surface area contributed by atoms with E-state index in [0.29, 0.717) is 37.4 Å². The number of benzene rings is 1. The summed E-state index contributed by atoms with van der Waals surface area (Å²) in [4.78, 5) is 24.8. The molecule has 7 heteroatoms. The number of piperidine rings is 1. The second kappa shape index (κ2) is 7.34. The first-order valence-electron chi connectivity index (χ1n) is 7.45. The van der Waals surface area contributed by atoms with Crippen molar-refractivity contribution in [3.8, 4) is 6.07 Å². The van der Waals surface area contributed by atoms with Crippen molar-refractivity contribution in [1.82, 2.24) is 10.2 Å². The minimum atomic E-state index is -0.919. The summed E-state index contributed by atoms with van der Waals surface area (Å²) in [6.07, 6.45) is 1.61. The Balaban J connectivity index is 1.88. The molecule has 0 saturated carbocycles. The number of hydrogen-bond donors (Lipinski definition) is 2. The van der Waals surface area contributed by atoms with Gasteiger partial charge in [-0.1, -0.05) is 23.7 Å². The van der Waals surface area contributed by atoms with Crippen molar-refractivity contribution >= 4 is 23.5 Å². The van der Waals surface area contributed by atoms with Gasteiger partial charge in [0.05, 0.1) is 6.07 Å². The minimum Gasteiger partial charge on any atom is -0.351 e. The van der Waals surface area contributed by atoms with Gasteiger partial charge in [0, 0.05) is 37.4 Å².